The Hall–Kier alpha value is -3.34. The van der Waals surface area contributed by atoms with E-state index >= 15 is 0 Å². The lowest BCUT2D eigenvalue weighted by atomic mass is 10.1. The van der Waals surface area contributed by atoms with E-state index in [0.717, 1.165) is 17.9 Å². The number of likely N-dealkylation sites (N-methyl/N-ethyl adjacent to an activating group) is 1. The first-order chi connectivity index (χ1) is 20.7. The van der Waals surface area contributed by atoms with Crippen molar-refractivity contribution in [2.75, 3.05) is 25.0 Å². The van der Waals surface area contributed by atoms with Crippen molar-refractivity contribution in [3.05, 3.63) is 24.3 Å². The summed E-state index contributed by atoms with van der Waals surface area (Å²) in [5.41, 5.74) is 2.98. The largest absolute Gasteiger partial charge is 0.494 e. The van der Waals surface area contributed by atoms with Crippen LogP contribution in [-0.2, 0) is 19.2 Å². The van der Waals surface area contributed by atoms with E-state index < -0.39 is 30.0 Å². The summed E-state index contributed by atoms with van der Waals surface area (Å²) in [5, 5.41) is 19.1. The molecule has 0 radical (unpaired) electrons. The number of hydrazine groups is 1. The minimum atomic E-state index is -1.18. The molecule has 4 amide bonds. The van der Waals surface area contributed by atoms with Crippen molar-refractivity contribution < 1.29 is 29.0 Å². The van der Waals surface area contributed by atoms with Gasteiger partial charge in [-0.15, -0.1) is 0 Å². The molecule has 0 aliphatic carbocycles. The van der Waals surface area contributed by atoms with E-state index in [1.165, 1.54) is 65.2 Å². The van der Waals surface area contributed by atoms with Gasteiger partial charge >= 0.3 is 0 Å². The van der Waals surface area contributed by atoms with Crippen molar-refractivity contribution in [1.82, 2.24) is 21.1 Å². The van der Waals surface area contributed by atoms with E-state index in [-0.39, 0.29) is 18.9 Å². The summed E-state index contributed by atoms with van der Waals surface area (Å²) < 4.78 is 5.75. The summed E-state index contributed by atoms with van der Waals surface area (Å²) in [4.78, 5) is 48.9. The first-order valence-corrected chi connectivity index (χ1v) is 16.0. The summed E-state index contributed by atoms with van der Waals surface area (Å²) in [6.45, 7) is 7.98. The number of anilines is 1. The van der Waals surface area contributed by atoms with Gasteiger partial charge in [0.05, 0.1) is 19.1 Å². The first-order valence-electron chi connectivity index (χ1n) is 16.0. The van der Waals surface area contributed by atoms with Gasteiger partial charge < -0.3 is 25.8 Å². The maximum atomic E-state index is 13.0. The van der Waals surface area contributed by atoms with Gasteiger partial charge in [0.2, 0.25) is 17.7 Å². The Morgan fingerprint density at radius 3 is 2.02 bits per heavy atom. The summed E-state index contributed by atoms with van der Waals surface area (Å²) in [6, 6.07) is 6.84. The molecule has 0 heterocycles. The monoisotopic (exact) mass is 605 g/mol. The van der Waals surface area contributed by atoms with Gasteiger partial charge in [0.25, 0.3) is 5.91 Å². The topological polar surface area (TPSA) is 149 Å². The fourth-order valence-electron chi connectivity index (χ4n) is 4.45. The van der Waals surface area contributed by atoms with Crippen LogP contribution >= 0.6 is 0 Å². The molecule has 1 aromatic carbocycles. The predicted octanol–water partition coefficient (Wildman–Crippen LogP) is 4.41. The molecule has 1 aromatic rings. The van der Waals surface area contributed by atoms with Crippen LogP contribution in [0.2, 0.25) is 0 Å². The zero-order valence-corrected chi connectivity index (χ0v) is 26.7. The molecular formula is C32H55N5O6. The molecule has 2 atom stereocenters. The highest BCUT2D eigenvalue weighted by Gasteiger charge is 2.26. The van der Waals surface area contributed by atoms with E-state index in [1.807, 2.05) is 0 Å². The van der Waals surface area contributed by atoms with E-state index in [4.69, 9.17) is 4.74 Å². The number of carbonyl (C=O) groups is 4. The van der Waals surface area contributed by atoms with Crippen molar-refractivity contribution in [3.63, 3.8) is 0 Å². The highest BCUT2D eigenvalue weighted by Crippen LogP contribution is 2.17. The molecule has 0 aromatic heterocycles. The van der Waals surface area contributed by atoms with Crippen molar-refractivity contribution >= 4 is 29.3 Å². The number of unbranched alkanes of at least 4 members (excludes halogenated alkanes) is 9. The standard InChI is InChI=1S/C32H55N5O6/c1-5-7-8-9-10-11-12-13-14-15-22-33-29(40)17-16-23-43-28-20-18-27(19-21-28)34-31(35-30(41)24-25(3)38)32(42)37(6-2)36-26(4)39/h18-21,25,31,34,38H,5-17,22-24H2,1-4H3,(H,33,40)(H,35,41)(H,36,39). The van der Waals surface area contributed by atoms with Crippen molar-refractivity contribution in [2.45, 2.75) is 123 Å². The van der Waals surface area contributed by atoms with Gasteiger partial charge in [0.15, 0.2) is 6.17 Å². The predicted molar refractivity (Wildman–Crippen MR) is 169 cm³/mol. The molecular weight excluding hydrogens is 550 g/mol. The molecule has 0 saturated carbocycles. The number of benzene rings is 1. The van der Waals surface area contributed by atoms with Crippen molar-refractivity contribution in [3.8, 4) is 5.75 Å². The van der Waals surface area contributed by atoms with Crippen LogP contribution in [0, 0.1) is 0 Å². The van der Waals surface area contributed by atoms with E-state index in [0.29, 0.717) is 37.4 Å². The SMILES string of the molecule is CCCCCCCCCCCCNC(=O)CCCOc1ccc(NC(NC(=O)CC(C)O)C(=O)N(CC)NC(C)=O)cc1. The number of carbonyl (C=O) groups excluding carboxylic acids is 4. The summed E-state index contributed by atoms with van der Waals surface area (Å²) in [5.74, 6) is -0.869. The first kappa shape index (κ1) is 37.7. The Morgan fingerprint density at radius 2 is 1.47 bits per heavy atom. The maximum Gasteiger partial charge on any atom is 0.284 e. The zero-order valence-electron chi connectivity index (χ0n) is 26.7. The number of amides is 4. The second-order valence-electron chi connectivity index (χ2n) is 11.0. The zero-order chi connectivity index (χ0) is 31.9. The number of hydrogen-bond acceptors (Lipinski definition) is 7. The number of nitrogens with one attached hydrogen (secondary N) is 4. The van der Waals surface area contributed by atoms with Gasteiger partial charge in [-0.05, 0) is 51.0 Å². The van der Waals surface area contributed by atoms with Crippen LogP contribution in [0.5, 0.6) is 5.75 Å². The lowest BCUT2D eigenvalue weighted by Gasteiger charge is -2.28. The van der Waals surface area contributed by atoms with E-state index in [2.05, 4.69) is 28.3 Å². The van der Waals surface area contributed by atoms with E-state index in [9.17, 15) is 24.3 Å². The average molecular weight is 606 g/mol. The number of aliphatic hydroxyl groups excluding tert-OH is 1. The van der Waals surface area contributed by atoms with Crippen LogP contribution in [-0.4, -0.2) is 65.7 Å². The molecule has 0 spiro atoms. The Balaban J connectivity index is 2.39. The second kappa shape index (κ2) is 23.2. The number of aliphatic hydroxyl groups is 1. The number of rotatable bonds is 23. The number of ether oxygens (including phenoxy) is 1. The van der Waals surface area contributed by atoms with Gasteiger partial charge in [-0.2, -0.15) is 0 Å². The van der Waals surface area contributed by atoms with Crippen LogP contribution in [0.25, 0.3) is 0 Å². The molecule has 11 heteroatoms. The number of nitrogens with zero attached hydrogens (tertiary/aromatic N) is 1. The smallest absolute Gasteiger partial charge is 0.284 e. The summed E-state index contributed by atoms with van der Waals surface area (Å²) in [7, 11) is 0. The molecule has 11 nitrogen and oxygen atoms in total. The molecule has 5 N–H and O–H groups in total. The van der Waals surface area contributed by atoms with Gasteiger partial charge in [-0.25, -0.2) is 0 Å². The Bertz CT molecular complexity index is 941. The minimum absolute atomic E-state index is 0.0350. The van der Waals surface area contributed by atoms with E-state index in [1.54, 1.807) is 31.2 Å². The third kappa shape index (κ3) is 18.7. The van der Waals surface area contributed by atoms with Gasteiger partial charge in [-0.3, -0.25) is 29.6 Å². The lowest BCUT2D eigenvalue weighted by molar-refractivity contribution is -0.143. The second-order valence-corrected chi connectivity index (χ2v) is 11.0. The Morgan fingerprint density at radius 1 is 0.860 bits per heavy atom. The van der Waals surface area contributed by atoms with Crippen LogP contribution in [0.4, 0.5) is 5.69 Å². The van der Waals surface area contributed by atoms with Crippen LogP contribution in [0.1, 0.15) is 111 Å². The van der Waals surface area contributed by atoms with Crippen LogP contribution < -0.4 is 26.1 Å². The molecule has 0 aliphatic rings. The molecule has 0 fully saturated rings. The minimum Gasteiger partial charge on any atom is -0.494 e. The molecule has 1 rings (SSSR count). The lowest BCUT2D eigenvalue weighted by Crippen LogP contribution is -2.57. The molecule has 0 bridgehead atoms. The summed E-state index contributed by atoms with van der Waals surface area (Å²) in [6.07, 6.45) is 11.4. The molecule has 0 saturated heterocycles. The Kier molecular flexibility index (Phi) is 20.3. The molecule has 244 valence electrons. The fraction of sp³-hybridized carbons (Fsp3) is 0.688. The quantitative estimate of drug-likeness (QED) is 0.0705. The number of hydrogen-bond donors (Lipinski definition) is 5. The third-order valence-electron chi connectivity index (χ3n) is 6.74. The maximum absolute atomic E-state index is 13.0. The highest BCUT2D eigenvalue weighted by atomic mass is 16.5. The van der Waals surface area contributed by atoms with Crippen molar-refractivity contribution in [2.24, 2.45) is 0 Å². The Labute approximate surface area is 257 Å². The van der Waals surface area contributed by atoms with Crippen molar-refractivity contribution in [1.29, 1.82) is 0 Å². The molecule has 43 heavy (non-hydrogen) atoms. The van der Waals surface area contributed by atoms with Crippen LogP contribution in [0.3, 0.4) is 0 Å². The van der Waals surface area contributed by atoms with Gasteiger partial charge in [0, 0.05) is 32.1 Å². The van der Waals surface area contributed by atoms with Gasteiger partial charge in [-0.1, -0.05) is 64.7 Å². The normalized spacial score (nSPS) is 12.1. The third-order valence-corrected chi connectivity index (χ3v) is 6.74. The van der Waals surface area contributed by atoms with Crippen LogP contribution in [0.15, 0.2) is 24.3 Å². The molecule has 0 aliphatic heterocycles. The van der Waals surface area contributed by atoms with Gasteiger partial charge in [0.1, 0.15) is 5.75 Å². The highest BCUT2D eigenvalue weighted by molar-refractivity contribution is 5.90. The molecule has 2 unspecified atom stereocenters. The summed E-state index contributed by atoms with van der Waals surface area (Å²) >= 11 is 0. The fourth-order valence-corrected chi connectivity index (χ4v) is 4.45. The average Bonchev–Trinajstić information content (AvgIpc) is 2.96.